The van der Waals surface area contributed by atoms with Gasteiger partial charge in [0.25, 0.3) is 0 Å². The molecule has 1 N–H and O–H groups in total. The van der Waals surface area contributed by atoms with Gasteiger partial charge in [-0.3, -0.25) is 0 Å². The Labute approximate surface area is 115 Å². The monoisotopic (exact) mass is 283 g/mol. The lowest BCUT2D eigenvalue weighted by Crippen LogP contribution is -2.08. The number of hydrogen-bond donors (Lipinski definition) is 1. The highest BCUT2D eigenvalue weighted by atomic mass is 19.4. The van der Waals surface area contributed by atoms with Crippen LogP contribution < -0.4 is 5.32 Å². The Morgan fingerprint density at radius 1 is 1.20 bits per heavy atom. The van der Waals surface area contributed by atoms with Crippen molar-refractivity contribution in [1.82, 2.24) is 9.55 Å². The van der Waals surface area contributed by atoms with Crippen LogP contribution in [0.4, 0.5) is 18.9 Å². The van der Waals surface area contributed by atoms with E-state index in [-0.39, 0.29) is 0 Å². The Morgan fingerprint density at radius 2 is 1.90 bits per heavy atom. The average Bonchev–Trinajstić information content (AvgIpc) is 2.84. The van der Waals surface area contributed by atoms with Gasteiger partial charge in [-0.25, -0.2) is 4.98 Å². The van der Waals surface area contributed by atoms with Gasteiger partial charge in [-0.15, -0.1) is 0 Å². The van der Waals surface area contributed by atoms with Crippen molar-refractivity contribution in [3.8, 4) is 0 Å². The van der Waals surface area contributed by atoms with Crippen LogP contribution in [0.5, 0.6) is 0 Å². The molecule has 0 radical (unpaired) electrons. The molecule has 0 aliphatic heterocycles. The fourth-order valence-electron chi connectivity index (χ4n) is 1.91. The molecule has 108 valence electrons. The van der Waals surface area contributed by atoms with Crippen LogP contribution in [0.1, 0.15) is 24.6 Å². The maximum Gasteiger partial charge on any atom is 0.416 e. The summed E-state index contributed by atoms with van der Waals surface area (Å²) in [6, 6.07) is 5.02. The van der Waals surface area contributed by atoms with Crippen molar-refractivity contribution in [3.05, 3.63) is 48.0 Å². The largest absolute Gasteiger partial charge is 0.416 e. The zero-order valence-corrected chi connectivity index (χ0v) is 11.1. The highest BCUT2D eigenvalue weighted by Gasteiger charge is 2.29. The molecular weight excluding hydrogens is 267 g/mol. The van der Waals surface area contributed by atoms with Gasteiger partial charge in [0, 0.05) is 18.4 Å². The van der Waals surface area contributed by atoms with E-state index in [2.05, 4.69) is 17.2 Å². The van der Waals surface area contributed by atoms with Gasteiger partial charge < -0.3 is 9.88 Å². The molecule has 1 aromatic carbocycles. The summed E-state index contributed by atoms with van der Waals surface area (Å²) in [5.74, 6) is 0. The fraction of sp³-hybridized carbons (Fsp3) is 0.357. The summed E-state index contributed by atoms with van der Waals surface area (Å²) >= 11 is 0. The molecule has 0 aliphatic carbocycles. The molecule has 0 aliphatic rings. The zero-order valence-electron chi connectivity index (χ0n) is 11.1. The molecule has 1 heterocycles. The average molecular weight is 283 g/mol. The van der Waals surface area contributed by atoms with Gasteiger partial charge in [0.1, 0.15) is 0 Å². The Kier molecular flexibility index (Phi) is 4.32. The van der Waals surface area contributed by atoms with E-state index in [1.807, 2.05) is 4.57 Å². The third kappa shape index (κ3) is 3.53. The Morgan fingerprint density at radius 3 is 2.50 bits per heavy atom. The second kappa shape index (κ2) is 5.98. The van der Waals surface area contributed by atoms with Crippen LogP contribution in [0.2, 0.25) is 0 Å². The summed E-state index contributed by atoms with van der Waals surface area (Å²) in [7, 11) is 0. The Bertz CT molecular complexity index is 544. The summed E-state index contributed by atoms with van der Waals surface area (Å²) in [6.45, 7) is 3.49. The first-order valence-corrected chi connectivity index (χ1v) is 6.41. The number of benzene rings is 1. The molecule has 0 unspecified atom stereocenters. The van der Waals surface area contributed by atoms with Gasteiger partial charge >= 0.3 is 6.18 Å². The number of rotatable bonds is 5. The highest BCUT2D eigenvalue weighted by Crippen LogP contribution is 2.29. The first-order valence-electron chi connectivity index (χ1n) is 6.41. The van der Waals surface area contributed by atoms with Crippen LogP contribution in [-0.4, -0.2) is 9.55 Å². The van der Waals surface area contributed by atoms with Crippen LogP contribution in [0.25, 0.3) is 0 Å². The summed E-state index contributed by atoms with van der Waals surface area (Å²) < 4.78 is 39.3. The SMILES string of the molecule is CCCn1cncc1CNc1ccc(C(F)(F)F)cc1. The van der Waals surface area contributed by atoms with Crippen LogP contribution in [0.15, 0.2) is 36.8 Å². The Balaban J connectivity index is 1.99. The van der Waals surface area contributed by atoms with Crippen LogP contribution >= 0.6 is 0 Å². The molecule has 0 fully saturated rings. The number of hydrogen-bond acceptors (Lipinski definition) is 2. The predicted octanol–water partition coefficient (Wildman–Crippen LogP) is 3.92. The lowest BCUT2D eigenvalue weighted by atomic mass is 10.2. The number of anilines is 1. The Hall–Kier alpha value is -1.98. The summed E-state index contributed by atoms with van der Waals surface area (Å²) in [5, 5.41) is 3.10. The van der Waals surface area contributed by atoms with E-state index in [0.29, 0.717) is 12.2 Å². The number of nitrogens with zero attached hydrogens (tertiary/aromatic N) is 2. The van der Waals surface area contributed by atoms with E-state index < -0.39 is 11.7 Å². The summed E-state index contributed by atoms with van der Waals surface area (Å²) in [6.07, 6.45) is 0.224. The van der Waals surface area contributed by atoms with Gasteiger partial charge in [-0.1, -0.05) is 6.92 Å². The van der Waals surface area contributed by atoms with Crippen molar-refractivity contribution >= 4 is 5.69 Å². The second-order valence-electron chi connectivity index (χ2n) is 4.51. The van der Waals surface area contributed by atoms with Crippen LogP contribution in [0.3, 0.4) is 0 Å². The lowest BCUT2D eigenvalue weighted by Gasteiger charge is -2.11. The molecule has 2 aromatic rings. The molecule has 0 saturated heterocycles. The number of nitrogens with one attached hydrogen (secondary N) is 1. The molecule has 0 atom stereocenters. The van der Waals surface area contributed by atoms with Gasteiger partial charge in [0.15, 0.2) is 0 Å². The summed E-state index contributed by atoms with van der Waals surface area (Å²) in [4.78, 5) is 4.07. The van der Waals surface area contributed by atoms with E-state index in [1.165, 1.54) is 12.1 Å². The zero-order chi connectivity index (χ0) is 14.6. The number of aromatic nitrogens is 2. The number of imidazole rings is 1. The van der Waals surface area contributed by atoms with Crippen molar-refractivity contribution < 1.29 is 13.2 Å². The highest BCUT2D eigenvalue weighted by molar-refractivity contribution is 5.45. The minimum absolute atomic E-state index is 0.533. The molecule has 20 heavy (non-hydrogen) atoms. The van der Waals surface area contributed by atoms with Crippen molar-refractivity contribution in [1.29, 1.82) is 0 Å². The third-order valence-corrected chi connectivity index (χ3v) is 2.95. The van der Waals surface area contributed by atoms with E-state index in [4.69, 9.17) is 0 Å². The maximum atomic E-state index is 12.4. The minimum atomic E-state index is -4.29. The normalized spacial score (nSPS) is 11.6. The third-order valence-electron chi connectivity index (χ3n) is 2.95. The smallest absolute Gasteiger partial charge is 0.379 e. The van der Waals surface area contributed by atoms with E-state index in [0.717, 1.165) is 30.8 Å². The summed E-state index contributed by atoms with van der Waals surface area (Å²) in [5.41, 5.74) is 1.02. The maximum absolute atomic E-state index is 12.4. The molecule has 0 amide bonds. The van der Waals surface area contributed by atoms with Crippen molar-refractivity contribution in [2.75, 3.05) is 5.32 Å². The molecule has 3 nitrogen and oxygen atoms in total. The second-order valence-corrected chi connectivity index (χ2v) is 4.51. The lowest BCUT2D eigenvalue weighted by molar-refractivity contribution is -0.137. The minimum Gasteiger partial charge on any atom is -0.379 e. The van der Waals surface area contributed by atoms with Crippen molar-refractivity contribution in [2.24, 2.45) is 0 Å². The van der Waals surface area contributed by atoms with Crippen LogP contribution in [-0.2, 0) is 19.3 Å². The fourth-order valence-corrected chi connectivity index (χ4v) is 1.91. The van der Waals surface area contributed by atoms with E-state index >= 15 is 0 Å². The van der Waals surface area contributed by atoms with Gasteiger partial charge in [-0.05, 0) is 30.7 Å². The number of aryl methyl sites for hydroxylation is 1. The molecule has 0 spiro atoms. The standard InChI is InChI=1S/C14H16F3N3/c1-2-7-20-10-18-8-13(20)9-19-12-5-3-11(4-6-12)14(15,16)17/h3-6,8,10,19H,2,7,9H2,1H3. The number of halogens is 3. The van der Waals surface area contributed by atoms with Crippen LogP contribution in [0, 0.1) is 0 Å². The molecule has 1 aromatic heterocycles. The van der Waals surface area contributed by atoms with Gasteiger partial charge in [0.05, 0.1) is 24.1 Å². The molecule has 0 bridgehead atoms. The predicted molar refractivity (Wildman–Crippen MR) is 71.3 cm³/mol. The van der Waals surface area contributed by atoms with Crippen molar-refractivity contribution in [3.63, 3.8) is 0 Å². The van der Waals surface area contributed by atoms with E-state index in [9.17, 15) is 13.2 Å². The first kappa shape index (κ1) is 14.4. The topological polar surface area (TPSA) is 29.9 Å². The van der Waals surface area contributed by atoms with Gasteiger partial charge in [0.2, 0.25) is 0 Å². The molecule has 2 rings (SSSR count). The van der Waals surface area contributed by atoms with Crippen molar-refractivity contribution in [2.45, 2.75) is 32.6 Å². The van der Waals surface area contributed by atoms with E-state index in [1.54, 1.807) is 12.5 Å². The molecule has 6 heteroatoms. The van der Waals surface area contributed by atoms with Gasteiger partial charge in [-0.2, -0.15) is 13.2 Å². The molecule has 0 saturated carbocycles. The number of alkyl halides is 3. The quantitative estimate of drug-likeness (QED) is 0.901. The first-order chi connectivity index (χ1) is 9.50. The molecular formula is C14H16F3N3.